The van der Waals surface area contributed by atoms with E-state index < -0.39 is 42.2 Å². The highest BCUT2D eigenvalue weighted by atomic mass is 32.1. The van der Waals surface area contributed by atoms with Crippen LogP contribution in [0.2, 0.25) is 0 Å². The summed E-state index contributed by atoms with van der Waals surface area (Å²) in [5.41, 5.74) is 4.84. The van der Waals surface area contributed by atoms with Gasteiger partial charge in [-0.25, -0.2) is 4.79 Å². The molecule has 7 N–H and O–H groups in total. The van der Waals surface area contributed by atoms with E-state index in [0.29, 0.717) is 0 Å². The third-order valence-electron chi connectivity index (χ3n) is 1.70. The Balaban J connectivity index is 4.42. The van der Waals surface area contributed by atoms with Crippen molar-refractivity contribution in [3.8, 4) is 0 Å². The lowest BCUT2D eigenvalue weighted by atomic mass is 10.0. The SMILES string of the molecule is NC(=S)OC(=O)[C@H](O)[C@@H](O)[C@H](O)[C@H](O)CO. The van der Waals surface area contributed by atoms with Gasteiger partial charge in [0, 0.05) is 0 Å². The standard InChI is InChI=1S/C7H13NO7S/c8-7(16)15-6(14)5(13)4(12)3(11)2(10)1-9/h2-5,9-13H,1H2,(H2,8,16)/t2-,3-,4+,5-/m1/s1. The molecule has 94 valence electrons. The van der Waals surface area contributed by atoms with Crippen molar-refractivity contribution in [3.63, 3.8) is 0 Å². The second-order valence-corrected chi connectivity index (χ2v) is 3.32. The Morgan fingerprint density at radius 1 is 1.25 bits per heavy atom. The Kier molecular flexibility index (Phi) is 6.33. The lowest BCUT2D eigenvalue weighted by Crippen LogP contribution is -2.49. The molecule has 0 rings (SSSR count). The van der Waals surface area contributed by atoms with Crippen LogP contribution in [0.25, 0.3) is 0 Å². The van der Waals surface area contributed by atoms with Crippen LogP contribution in [0, 0.1) is 0 Å². The van der Waals surface area contributed by atoms with E-state index in [1.54, 1.807) is 0 Å². The molecule has 0 aromatic rings. The molecule has 0 aliphatic rings. The van der Waals surface area contributed by atoms with Crippen molar-refractivity contribution >= 4 is 23.4 Å². The summed E-state index contributed by atoms with van der Waals surface area (Å²) < 4.78 is 4.10. The van der Waals surface area contributed by atoms with Crippen molar-refractivity contribution in [2.75, 3.05) is 6.61 Å². The van der Waals surface area contributed by atoms with Gasteiger partial charge in [0.05, 0.1) is 6.61 Å². The van der Waals surface area contributed by atoms with Crippen molar-refractivity contribution in [1.29, 1.82) is 0 Å². The van der Waals surface area contributed by atoms with Gasteiger partial charge in [0.25, 0.3) is 5.17 Å². The second kappa shape index (κ2) is 6.68. The molecule has 0 heterocycles. The third kappa shape index (κ3) is 4.35. The fourth-order valence-corrected chi connectivity index (χ4v) is 0.903. The van der Waals surface area contributed by atoms with Gasteiger partial charge in [-0.3, -0.25) is 0 Å². The summed E-state index contributed by atoms with van der Waals surface area (Å²) in [4.78, 5) is 11.0. The molecule has 0 bridgehead atoms. The van der Waals surface area contributed by atoms with E-state index in [1.165, 1.54) is 0 Å². The van der Waals surface area contributed by atoms with Crippen molar-refractivity contribution in [2.45, 2.75) is 24.4 Å². The van der Waals surface area contributed by atoms with E-state index in [2.05, 4.69) is 17.0 Å². The van der Waals surface area contributed by atoms with E-state index >= 15 is 0 Å². The molecule has 0 aliphatic heterocycles. The molecule has 16 heavy (non-hydrogen) atoms. The largest absolute Gasteiger partial charge is 0.397 e. The number of carbonyl (C=O) groups excluding carboxylic acids is 1. The van der Waals surface area contributed by atoms with E-state index in [1.807, 2.05) is 0 Å². The molecule has 0 spiro atoms. The Hall–Kier alpha value is -0.840. The van der Waals surface area contributed by atoms with Gasteiger partial charge in [0.2, 0.25) is 0 Å². The average Bonchev–Trinajstić information content (AvgIpc) is 2.23. The van der Waals surface area contributed by atoms with E-state index in [4.69, 9.17) is 26.2 Å². The third-order valence-corrected chi connectivity index (χ3v) is 1.78. The zero-order valence-electron chi connectivity index (χ0n) is 8.05. The molecule has 0 saturated heterocycles. The summed E-state index contributed by atoms with van der Waals surface area (Å²) in [5, 5.41) is 44.3. The monoisotopic (exact) mass is 255 g/mol. The molecule has 0 aromatic heterocycles. The number of esters is 1. The molecule has 0 radical (unpaired) electrons. The first-order valence-electron chi connectivity index (χ1n) is 4.15. The van der Waals surface area contributed by atoms with E-state index in [-0.39, 0.29) is 0 Å². The predicted octanol–water partition coefficient (Wildman–Crippen LogP) is -3.79. The second-order valence-electron chi connectivity index (χ2n) is 2.92. The highest BCUT2D eigenvalue weighted by molar-refractivity contribution is 7.80. The number of thiocarbonyl (C=S) groups is 1. The van der Waals surface area contributed by atoms with Crippen molar-refractivity contribution in [2.24, 2.45) is 5.73 Å². The van der Waals surface area contributed by atoms with Crippen LogP contribution in [-0.4, -0.2) is 67.7 Å². The Labute approximate surface area is 95.9 Å². The summed E-state index contributed by atoms with van der Waals surface area (Å²) in [7, 11) is 0. The Morgan fingerprint density at radius 2 is 1.75 bits per heavy atom. The van der Waals surface area contributed by atoms with Crippen LogP contribution in [0.1, 0.15) is 0 Å². The van der Waals surface area contributed by atoms with Crippen LogP contribution >= 0.6 is 12.2 Å². The molecule has 0 aromatic carbocycles. The molecular weight excluding hydrogens is 242 g/mol. The average molecular weight is 255 g/mol. The molecular formula is C7H13NO7S. The molecule has 4 atom stereocenters. The van der Waals surface area contributed by atoms with Crippen LogP contribution in [0.15, 0.2) is 0 Å². The van der Waals surface area contributed by atoms with Gasteiger partial charge in [-0.15, -0.1) is 0 Å². The van der Waals surface area contributed by atoms with Crippen LogP contribution in [0.4, 0.5) is 0 Å². The minimum Gasteiger partial charge on any atom is -0.397 e. The summed E-state index contributed by atoms with van der Waals surface area (Å²) in [6.45, 7) is -0.852. The Morgan fingerprint density at radius 3 is 2.12 bits per heavy atom. The minimum atomic E-state index is -2.14. The Bertz CT molecular complexity index is 261. The van der Waals surface area contributed by atoms with Gasteiger partial charge in [0.15, 0.2) is 6.10 Å². The van der Waals surface area contributed by atoms with Crippen LogP contribution in [-0.2, 0) is 9.53 Å². The number of hydrogen-bond acceptors (Lipinski definition) is 8. The van der Waals surface area contributed by atoms with Crippen LogP contribution in [0.3, 0.4) is 0 Å². The lowest BCUT2D eigenvalue weighted by Gasteiger charge is -2.24. The smallest absolute Gasteiger partial charge is 0.345 e. The number of nitrogens with two attached hydrogens (primary N) is 1. The van der Waals surface area contributed by atoms with Gasteiger partial charge in [-0.1, -0.05) is 0 Å². The molecule has 0 fully saturated rings. The first-order chi connectivity index (χ1) is 7.31. The van der Waals surface area contributed by atoms with Crippen LogP contribution in [0.5, 0.6) is 0 Å². The van der Waals surface area contributed by atoms with Gasteiger partial charge >= 0.3 is 5.97 Å². The summed E-state index contributed by atoms with van der Waals surface area (Å²) in [5.74, 6) is -1.37. The minimum absolute atomic E-state index is 0.659. The zero-order valence-corrected chi connectivity index (χ0v) is 8.87. The lowest BCUT2D eigenvalue weighted by molar-refractivity contribution is -0.162. The highest BCUT2D eigenvalue weighted by Crippen LogP contribution is 2.06. The number of aliphatic hydroxyl groups is 5. The molecule has 0 saturated carbocycles. The summed E-state index contributed by atoms with van der Waals surface area (Å²) in [6, 6.07) is 0. The number of aliphatic hydroxyl groups excluding tert-OH is 5. The zero-order chi connectivity index (χ0) is 12.9. The van der Waals surface area contributed by atoms with Crippen molar-refractivity contribution in [3.05, 3.63) is 0 Å². The highest BCUT2D eigenvalue weighted by Gasteiger charge is 2.35. The van der Waals surface area contributed by atoms with Gasteiger partial charge in [-0.05, 0) is 12.2 Å². The normalized spacial score (nSPS) is 18.3. The van der Waals surface area contributed by atoms with Crippen LogP contribution < -0.4 is 5.73 Å². The predicted molar refractivity (Wildman–Crippen MR) is 54.0 cm³/mol. The first-order valence-corrected chi connectivity index (χ1v) is 4.56. The van der Waals surface area contributed by atoms with Crippen molar-refractivity contribution < 1.29 is 35.1 Å². The van der Waals surface area contributed by atoms with Gasteiger partial charge in [0.1, 0.15) is 18.3 Å². The number of carbonyl (C=O) groups is 1. The topological polar surface area (TPSA) is 153 Å². The van der Waals surface area contributed by atoms with E-state index in [9.17, 15) is 9.90 Å². The first kappa shape index (κ1) is 15.2. The number of rotatable bonds is 5. The molecule has 0 amide bonds. The summed E-state index contributed by atoms with van der Waals surface area (Å²) >= 11 is 4.21. The summed E-state index contributed by atoms with van der Waals surface area (Å²) in [6.07, 6.45) is -7.80. The van der Waals surface area contributed by atoms with E-state index in [0.717, 1.165) is 0 Å². The fourth-order valence-electron chi connectivity index (χ4n) is 0.821. The molecule has 8 nitrogen and oxygen atoms in total. The quantitative estimate of drug-likeness (QED) is 0.214. The van der Waals surface area contributed by atoms with Crippen molar-refractivity contribution in [1.82, 2.24) is 0 Å². The maximum absolute atomic E-state index is 11.0. The fraction of sp³-hybridized carbons (Fsp3) is 0.714. The maximum Gasteiger partial charge on any atom is 0.345 e. The number of ether oxygens (including phenoxy) is 1. The molecule has 0 unspecified atom stereocenters. The molecule has 0 aliphatic carbocycles. The maximum atomic E-state index is 11.0. The number of hydrogen-bond donors (Lipinski definition) is 6. The molecule has 9 heteroatoms. The van der Waals surface area contributed by atoms with Gasteiger partial charge in [-0.2, -0.15) is 0 Å². The van der Waals surface area contributed by atoms with Gasteiger partial charge < -0.3 is 36.0 Å².